The van der Waals surface area contributed by atoms with Gasteiger partial charge in [-0.05, 0) is 39.5 Å². The summed E-state index contributed by atoms with van der Waals surface area (Å²) in [6.45, 7) is 11.4. The average Bonchev–Trinajstić information content (AvgIpc) is 1.78. The first-order chi connectivity index (χ1) is 4.92. The van der Waals surface area contributed by atoms with E-state index in [1.54, 1.807) is 0 Å². The molecule has 0 aliphatic heterocycles. The molecule has 0 saturated carbocycles. The Bertz CT molecular complexity index is 89.5. The minimum absolute atomic E-state index is 0.00742. The van der Waals surface area contributed by atoms with Crippen LogP contribution in [0, 0.1) is 12.3 Å². The van der Waals surface area contributed by atoms with Gasteiger partial charge in [-0.15, -0.1) is 0 Å². The van der Waals surface area contributed by atoms with Crippen LogP contribution in [-0.2, 0) is 4.74 Å². The highest BCUT2D eigenvalue weighted by Gasteiger charge is 2.08. The number of rotatable bonds is 4. The molecule has 0 amide bonds. The van der Waals surface area contributed by atoms with E-state index in [0.29, 0.717) is 0 Å². The Kier molecular flexibility index (Phi) is 4.74. The summed E-state index contributed by atoms with van der Waals surface area (Å²) >= 11 is 0. The zero-order chi connectivity index (χ0) is 8.91. The maximum Gasteiger partial charge on any atom is 0.0598 e. The van der Waals surface area contributed by atoms with Crippen LogP contribution in [0.1, 0.15) is 41.0 Å². The monoisotopic (exact) mass is 157 g/mol. The van der Waals surface area contributed by atoms with Crippen molar-refractivity contribution in [1.29, 1.82) is 0 Å². The largest absolute Gasteiger partial charge is 0.376 e. The van der Waals surface area contributed by atoms with Gasteiger partial charge >= 0.3 is 0 Å². The van der Waals surface area contributed by atoms with E-state index in [0.717, 1.165) is 18.9 Å². The van der Waals surface area contributed by atoms with Crippen molar-refractivity contribution in [2.75, 3.05) is 6.61 Å². The van der Waals surface area contributed by atoms with Crippen molar-refractivity contribution in [1.82, 2.24) is 0 Å². The molecule has 1 heteroatoms. The van der Waals surface area contributed by atoms with Gasteiger partial charge < -0.3 is 4.74 Å². The predicted molar refractivity (Wildman–Crippen MR) is 49.5 cm³/mol. The molecule has 0 aromatic heterocycles. The van der Waals surface area contributed by atoms with Gasteiger partial charge in [0.2, 0.25) is 0 Å². The third kappa shape index (κ3) is 9.96. The fourth-order valence-corrected chi connectivity index (χ4v) is 0.710. The Balaban J connectivity index is 3.15. The molecule has 0 N–H and O–H groups in total. The first kappa shape index (κ1) is 11.0. The van der Waals surface area contributed by atoms with Gasteiger partial charge in [-0.2, -0.15) is 0 Å². The fraction of sp³-hybridized carbons (Fsp3) is 0.900. The van der Waals surface area contributed by atoms with Crippen molar-refractivity contribution < 1.29 is 4.74 Å². The summed E-state index contributed by atoms with van der Waals surface area (Å²) < 4.78 is 5.52. The Morgan fingerprint density at radius 3 is 2.18 bits per heavy atom. The molecule has 0 unspecified atom stereocenters. The minimum atomic E-state index is 0.00742. The second-order valence-electron chi connectivity index (χ2n) is 4.34. The summed E-state index contributed by atoms with van der Waals surface area (Å²) in [5.41, 5.74) is 0.00742. The number of hydrogen-bond donors (Lipinski definition) is 0. The van der Waals surface area contributed by atoms with E-state index >= 15 is 0 Å². The lowest BCUT2D eigenvalue weighted by molar-refractivity contribution is 0.00825. The van der Waals surface area contributed by atoms with Crippen molar-refractivity contribution in [3.8, 4) is 0 Å². The lowest BCUT2D eigenvalue weighted by atomic mass is 10.1. The molecule has 0 fully saturated rings. The molecule has 0 aromatic rings. The van der Waals surface area contributed by atoms with Crippen LogP contribution in [-0.4, -0.2) is 12.2 Å². The third-order valence-electron chi connectivity index (χ3n) is 1.27. The van der Waals surface area contributed by atoms with Gasteiger partial charge in [-0.25, -0.2) is 0 Å². The van der Waals surface area contributed by atoms with Gasteiger partial charge in [0.25, 0.3) is 0 Å². The van der Waals surface area contributed by atoms with Crippen LogP contribution in [0.2, 0.25) is 0 Å². The van der Waals surface area contributed by atoms with E-state index in [1.807, 2.05) is 0 Å². The van der Waals surface area contributed by atoms with Crippen molar-refractivity contribution in [3.63, 3.8) is 0 Å². The van der Waals surface area contributed by atoms with E-state index in [1.165, 1.54) is 0 Å². The van der Waals surface area contributed by atoms with Crippen LogP contribution in [0.3, 0.4) is 0 Å². The van der Waals surface area contributed by atoms with Gasteiger partial charge in [-0.1, -0.05) is 13.8 Å². The number of hydrogen-bond acceptors (Lipinski definition) is 1. The zero-order valence-electron chi connectivity index (χ0n) is 8.48. The fourth-order valence-electron chi connectivity index (χ4n) is 0.710. The first-order valence-electron chi connectivity index (χ1n) is 4.37. The van der Waals surface area contributed by atoms with Crippen molar-refractivity contribution in [2.24, 2.45) is 5.92 Å². The van der Waals surface area contributed by atoms with Crippen LogP contribution in [0.4, 0.5) is 0 Å². The van der Waals surface area contributed by atoms with Gasteiger partial charge in [-0.3, -0.25) is 0 Å². The third-order valence-corrected chi connectivity index (χ3v) is 1.27. The molecule has 0 spiro atoms. The van der Waals surface area contributed by atoms with E-state index in [9.17, 15) is 0 Å². The lowest BCUT2D eigenvalue weighted by Gasteiger charge is -2.19. The Morgan fingerprint density at radius 1 is 1.27 bits per heavy atom. The molecule has 0 rings (SSSR count). The molecule has 1 nitrogen and oxygen atoms in total. The van der Waals surface area contributed by atoms with Crippen LogP contribution < -0.4 is 0 Å². The second kappa shape index (κ2) is 4.76. The van der Waals surface area contributed by atoms with Gasteiger partial charge in [0.05, 0.1) is 12.2 Å². The highest BCUT2D eigenvalue weighted by molar-refractivity contribution is 4.68. The summed E-state index contributed by atoms with van der Waals surface area (Å²) in [5.74, 6) is 0.749. The highest BCUT2D eigenvalue weighted by Crippen LogP contribution is 2.09. The summed E-state index contributed by atoms with van der Waals surface area (Å²) in [5, 5.41) is 0. The van der Waals surface area contributed by atoms with E-state index in [4.69, 9.17) is 4.74 Å². The van der Waals surface area contributed by atoms with Crippen LogP contribution in [0.15, 0.2) is 0 Å². The van der Waals surface area contributed by atoms with Gasteiger partial charge in [0.15, 0.2) is 0 Å². The Labute approximate surface area is 71.1 Å². The summed E-state index contributed by atoms with van der Waals surface area (Å²) in [7, 11) is 0. The molecule has 0 aromatic carbocycles. The second-order valence-corrected chi connectivity index (χ2v) is 4.34. The molecule has 1 radical (unpaired) electrons. The molecule has 0 heterocycles. The normalized spacial score (nSPS) is 12.5. The molecule has 67 valence electrons. The van der Waals surface area contributed by atoms with E-state index in [-0.39, 0.29) is 5.60 Å². The summed E-state index contributed by atoms with van der Waals surface area (Å²) in [6.07, 6.45) is 3.35. The van der Waals surface area contributed by atoms with Crippen molar-refractivity contribution in [3.05, 3.63) is 6.42 Å². The van der Waals surface area contributed by atoms with Crippen LogP contribution in [0.5, 0.6) is 0 Å². The summed E-state index contributed by atoms with van der Waals surface area (Å²) in [4.78, 5) is 0. The van der Waals surface area contributed by atoms with Crippen LogP contribution in [0.25, 0.3) is 0 Å². The van der Waals surface area contributed by atoms with Crippen LogP contribution >= 0.6 is 0 Å². The topological polar surface area (TPSA) is 9.23 Å². The predicted octanol–water partition coefficient (Wildman–Crippen LogP) is 3.05. The van der Waals surface area contributed by atoms with Crippen molar-refractivity contribution in [2.45, 2.75) is 46.6 Å². The maximum absolute atomic E-state index is 5.52. The molecule has 0 atom stereocenters. The molecule has 0 aliphatic rings. The quantitative estimate of drug-likeness (QED) is 0.570. The van der Waals surface area contributed by atoms with Gasteiger partial charge in [0, 0.05) is 0 Å². The lowest BCUT2D eigenvalue weighted by Crippen LogP contribution is -2.20. The SMILES string of the molecule is CC(C)C[CH]COC(C)(C)C. The Hall–Kier alpha value is -0.0400. The number of ether oxygens (including phenoxy) is 1. The van der Waals surface area contributed by atoms with Crippen molar-refractivity contribution >= 4 is 0 Å². The average molecular weight is 157 g/mol. The molecule has 0 aliphatic carbocycles. The molecule has 0 bridgehead atoms. The molecule has 0 saturated heterocycles. The van der Waals surface area contributed by atoms with E-state index in [2.05, 4.69) is 41.0 Å². The highest BCUT2D eigenvalue weighted by atomic mass is 16.5. The summed E-state index contributed by atoms with van der Waals surface area (Å²) in [6, 6.07) is 0. The van der Waals surface area contributed by atoms with E-state index < -0.39 is 0 Å². The smallest absolute Gasteiger partial charge is 0.0598 e. The first-order valence-corrected chi connectivity index (χ1v) is 4.37. The maximum atomic E-state index is 5.52. The zero-order valence-corrected chi connectivity index (χ0v) is 8.48. The standard InChI is InChI=1S/C10H21O/c1-9(2)7-6-8-11-10(3,4)5/h6,9H,7-8H2,1-5H3. The molecule has 11 heavy (non-hydrogen) atoms. The molecular formula is C10H21O. The Morgan fingerprint density at radius 2 is 1.82 bits per heavy atom. The molecular weight excluding hydrogens is 136 g/mol. The van der Waals surface area contributed by atoms with Gasteiger partial charge in [0.1, 0.15) is 0 Å². The minimum Gasteiger partial charge on any atom is -0.376 e.